The van der Waals surface area contributed by atoms with E-state index in [0.29, 0.717) is 121 Å². The summed E-state index contributed by atoms with van der Waals surface area (Å²) in [4.78, 5) is 53.2. The van der Waals surface area contributed by atoms with Gasteiger partial charge in [-0.05, 0) is 45.0 Å². The third-order valence-electron chi connectivity index (χ3n) is 11.8. The second-order valence-electron chi connectivity index (χ2n) is 19.8. The first-order valence-corrected chi connectivity index (χ1v) is 26.6. The van der Waals surface area contributed by atoms with Crippen LogP contribution in [0.5, 0.6) is 11.5 Å². The van der Waals surface area contributed by atoms with E-state index in [4.69, 9.17) is 99.5 Å². The minimum Gasteiger partial charge on any atom is -0.489 e. The van der Waals surface area contributed by atoms with Gasteiger partial charge in [0.25, 0.3) is 29.7 Å². The molecule has 0 spiro atoms. The van der Waals surface area contributed by atoms with Crippen molar-refractivity contribution in [3.8, 4) is 11.5 Å². The van der Waals surface area contributed by atoms with Gasteiger partial charge in [-0.2, -0.15) is 0 Å². The molecule has 1 aromatic rings. The second-order valence-corrected chi connectivity index (χ2v) is 19.8. The minimum absolute atomic E-state index is 0.0769. The molecule has 10 aliphatic rings. The third kappa shape index (κ3) is 23.7. The summed E-state index contributed by atoms with van der Waals surface area (Å²) in [6.07, 6.45) is -5.00. The Hall–Kier alpha value is -8.29. The number of hydrogen-bond acceptors (Lipinski definition) is 31. The van der Waals surface area contributed by atoms with Gasteiger partial charge in [0.2, 0.25) is 0 Å². The Morgan fingerprint density at radius 2 is 0.682 bits per heavy atom. The summed E-state index contributed by atoms with van der Waals surface area (Å²) in [5.74, 6) is 2.85. The Balaban J connectivity index is 0.000000155. The van der Waals surface area contributed by atoms with Crippen molar-refractivity contribution in [2.75, 3.05) is 126 Å². The van der Waals surface area contributed by atoms with Crippen molar-refractivity contribution < 1.29 is 147 Å². The summed E-state index contributed by atoms with van der Waals surface area (Å²) in [7, 11) is 0. The zero-order valence-electron chi connectivity index (χ0n) is 46.9. The molecule has 0 aromatic heterocycles. The fourth-order valence-electron chi connectivity index (χ4n) is 7.78. The van der Waals surface area contributed by atoms with Crippen LogP contribution in [0.4, 0.5) is 24.0 Å². The van der Waals surface area contributed by atoms with Crippen LogP contribution in [0.15, 0.2) is 86.9 Å². The maximum Gasteiger partial charge on any atom is 0.508 e. The van der Waals surface area contributed by atoms with Gasteiger partial charge in [0.05, 0.1) is 39.6 Å². The first-order valence-electron chi connectivity index (χ1n) is 26.6. The van der Waals surface area contributed by atoms with Crippen molar-refractivity contribution in [1.29, 1.82) is 0 Å². The topological polar surface area (TPSA) is 325 Å². The van der Waals surface area contributed by atoms with E-state index in [2.05, 4.69) is 56.6 Å². The number of carbonyl (C=O) groups excluding carboxylic acids is 5. The molecule has 85 heavy (non-hydrogen) atoms. The lowest BCUT2D eigenvalue weighted by Gasteiger charge is -2.25. The van der Waals surface area contributed by atoms with Crippen LogP contribution in [-0.4, -0.2) is 218 Å². The van der Waals surface area contributed by atoms with Crippen LogP contribution in [0.2, 0.25) is 0 Å². The average molecular weight is 1220 g/mol. The Morgan fingerprint density at radius 1 is 0.376 bits per heavy atom. The quantitative estimate of drug-likeness (QED) is 0.0606. The van der Waals surface area contributed by atoms with Gasteiger partial charge in [-0.1, -0.05) is 19.9 Å². The predicted molar refractivity (Wildman–Crippen MR) is 275 cm³/mol. The zero-order chi connectivity index (χ0) is 60.6. The number of rotatable bonds is 23. The second kappa shape index (κ2) is 32.7. The molecule has 1 aromatic carbocycles. The van der Waals surface area contributed by atoms with E-state index in [1.165, 1.54) is 0 Å². The van der Waals surface area contributed by atoms with Crippen LogP contribution in [0.25, 0.3) is 0 Å². The summed E-state index contributed by atoms with van der Waals surface area (Å²) in [6.45, 7) is 28.2. The number of cyclic esters (lactones) is 10. The van der Waals surface area contributed by atoms with Crippen molar-refractivity contribution in [2.24, 2.45) is 5.41 Å². The average Bonchev–Trinajstić information content (AvgIpc) is 4.46. The van der Waals surface area contributed by atoms with Gasteiger partial charge >= 0.3 is 30.8 Å². The molecule has 0 radical (unpaired) electrons. The molecule has 0 aliphatic carbocycles. The highest BCUT2D eigenvalue weighted by Crippen LogP contribution is 2.25. The van der Waals surface area contributed by atoms with Crippen molar-refractivity contribution in [2.45, 2.75) is 81.3 Å². The SMILES string of the molecule is C=C1OCC(C2COC(=O)O2)O1.C=C1OCC(CC2COC(=O)O2)O1.C=C1OCC(COCC(C)(C)COCC2COC(=O)O2)O1.C=C1OCC(COCOCC2COC(=O)O2)O1.C=C1OCC(COc2cccc(OCC3COC(=O)O3)c2)O1. The van der Waals surface area contributed by atoms with E-state index in [0.717, 1.165) is 0 Å². The van der Waals surface area contributed by atoms with Crippen LogP contribution < -0.4 is 9.47 Å². The lowest BCUT2D eigenvalue weighted by atomic mass is 9.96. The van der Waals surface area contributed by atoms with Crippen LogP contribution in [0.3, 0.4) is 0 Å². The molecule has 0 amide bonds. The standard InChI is InChI=1S/C15H16O7.C14H22O7.C10H14O7.C8H10O5.C7H8O5/c1-10-17-6-13(21-10)7-18-11-3-2-4-12(5-11)19-8-14-9-20-15(16)22-14;1-10-18-6-11(20-10)4-16-8-14(2,3)9-17-5-12-7-19-13(15)21-12;1-7-14-4-8(16-7)2-12-6-13-3-9-5-15-10(11)17-9;1-5-10-3-6(12-5)2-7-4-11-8(9)13-7;1-4-9-2-5(11-4)6-3-10-7(8)12-6/h2-5,13-14H,1,6-9H2;11-12H,1,4-9H2,2-3H3;8-9H,1-6H2;6-7H,1-4H2;5-6H,1-3H2. The first kappa shape index (κ1) is 64.3. The van der Waals surface area contributed by atoms with Gasteiger partial charge in [-0.3, -0.25) is 0 Å². The molecule has 31 heteroatoms. The van der Waals surface area contributed by atoms with Crippen LogP contribution in [0.1, 0.15) is 20.3 Å². The van der Waals surface area contributed by atoms with Gasteiger partial charge in [0.15, 0.2) is 48.8 Å². The minimum atomic E-state index is -0.661. The number of hydrogen-bond donors (Lipinski definition) is 0. The molecule has 10 aliphatic heterocycles. The molecule has 0 saturated carbocycles. The van der Waals surface area contributed by atoms with E-state index in [1.54, 1.807) is 12.1 Å². The Bertz CT molecular complexity index is 2270. The smallest absolute Gasteiger partial charge is 0.489 e. The molecule has 10 unspecified atom stereocenters. The largest absolute Gasteiger partial charge is 0.508 e. The van der Waals surface area contributed by atoms with Gasteiger partial charge in [-0.15, -0.1) is 0 Å². The van der Waals surface area contributed by atoms with E-state index < -0.39 is 30.8 Å². The fraction of sp³-hybridized carbons (Fsp3) is 0.611. The molecule has 11 rings (SSSR count). The van der Waals surface area contributed by atoms with Crippen molar-refractivity contribution in [3.63, 3.8) is 0 Å². The predicted octanol–water partition coefficient (Wildman–Crippen LogP) is 4.94. The zero-order valence-corrected chi connectivity index (χ0v) is 46.9. The molecule has 10 heterocycles. The lowest BCUT2D eigenvalue weighted by molar-refractivity contribution is -0.0910. The van der Waals surface area contributed by atoms with Crippen molar-refractivity contribution in [3.05, 3.63) is 86.9 Å². The Labute approximate surface area is 487 Å². The Morgan fingerprint density at radius 3 is 1.06 bits per heavy atom. The monoisotopic (exact) mass is 1210 g/mol. The fourth-order valence-corrected chi connectivity index (χ4v) is 7.78. The maximum absolute atomic E-state index is 10.8. The van der Waals surface area contributed by atoms with Crippen molar-refractivity contribution >= 4 is 30.8 Å². The molecular formula is C54H70O31. The third-order valence-corrected chi connectivity index (χ3v) is 11.8. The van der Waals surface area contributed by atoms with Gasteiger partial charge < -0.3 is 123 Å². The summed E-state index contributed by atoms with van der Waals surface area (Å²) >= 11 is 0. The lowest BCUT2D eigenvalue weighted by Crippen LogP contribution is -2.30. The van der Waals surface area contributed by atoms with E-state index in [1.807, 2.05) is 26.0 Å². The molecular weight excluding hydrogens is 1140 g/mol. The van der Waals surface area contributed by atoms with E-state index >= 15 is 0 Å². The van der Waals surface area contributed by atoms with E-state index in [-0.39, 0.29) is 119 Å². The Kier molecular flexibility index (Phi) is 24.7. The summed E-state index contributed by atoms with van der Waals surface area (Å²) < 4.78 is 131. The van der Waals surface area contributed by atoms with Crippen LogP contribution in [0, 0.1) is 5.41 Å². The van der Waals surface area contributed by atoms with Crippen molar-refractivity contribution in [1.82, 2.24) is 0 Å². The summed E-state index contributed by atoms with van der Waals surface area (Å²) in [5, 5.41) is 0. The van der Waals surface area contributed by atoms with Gasteiger partial charge in [0, 0.05) is 17.9 Å². The summed E-state index contributed by atoms with van der Waals surface area (Å²) in [5.41, 5.74) is -0.153. The first-order chi connectivity index (χ1) is 40.9. The molecule has 10 atom stereocenters. The van der Waals surface area contributed by atoms with Gasteiger partial charge in [0.1, 0.15) is 110 Å². The molecule has 10 fully saturated rings. The molecule has 472 valence electrons. The highest BCUT2D eigenvalue weighted by molar-refractivity contribution is 5.63. The number of ether oxygens (including phenoxy) is 26. The van der Waals surface area contributed by atoms with E-state index in [9.17, 15) is 24.0 Å². The maximum atomic E-state index is 10.8. The van der Waals surface area contributed by atoms with Crippen LogP contribution >= 0.6 is 0 Å². The normalized spacial score (nSPS) is 27.4. The molecule has 0 N–H and O–H groups in total. The molecule has 0 bridgehead atoms. The number of carbonyl (C=O) groups is 5. The van der Waals surface area contributed by atoms with Gasteiger partial charge in [-0.25, -0.2) is 24.0 Å². The molecule has 10 saturated heterocycles. The van der Waals surface area contributed by atoms with Crippen LogP contribution in [-0.2, 0) is 114 Å². The highest BCUT2D eigenvalue weighted by atomic mass is 16.8. The number of benzene rings is 1. The summed E-state index contributed by atoms with van der Waals surface area (Å²) in [6, 6.07) is 7.17. The highest BCUT2D eigenvalue weighted by Gasteiger charge is 2.38. The molecule has 31 nitrogen and oxygen atoms in total.